The van der Waals surface area contributed by atoms with Gasteiger partial charge in [-0.05, 0) is 18.9 Å². The van der Waals surface area contributed by atoms with Gasteiger partial charge in [-0.15, -0.1) is 0 Å². The molecule has 0 spiro atoms. The minimum absolute atomic E-state index is 0.409. The van der Waals surface area contributed by atoms with Gasteiger partial charge in [0.1, 0.15) is 6.10 Å². The van der Waals surface area contributed by atoms with E-state index in [4.69, 9.17) is 0 Å². The van der Waals surface area contributed by atoms with Crippen LogP contribution in [0, 0.1) is 0 Å². The average molecular weight is 240 g/mol. The zero-order valence-electron chi connectivity index (χ0n) is 9.80. The molecule has 1 aromatic rings. The van der Waals surface area contributed by atoms with Crippen LogP contribution in [-0.4, -0.2) is 25.9 Å². The summed E-state index contributed by atoms with van der Waals surface area (Å²) in [5, 5.41) is 15.0. The minimum atomic E-state index is -0.409. The highest BCUT2D eigenvalue weighted by Crippen LogP contribution is 2.30. The van der Waals surface area contributed by atoms with Crippen LogP contribution in [-0.2, 0) is 7.05 Å². The van der Waals surface area contributed by atoms with Gasteiger partial charge in [0.05, 0.1) is 5.69 Å². The van der Waals surface area contributed by atoms with Crippen LogP contribution in [0.25, 0.3) is 0 Å². The standard InChI is InChI=1S/C12H20N2OS/c1-14-8-7-11(13-14)12(15)9-16-10-5-3-2-4-6-10/h7-8,10,12,15H,2-6,9H2,1H3. The summed E-state index contributed by atoms with van der Waals surface area (Å²) in [6, 6.07) is 1.89. The first kappa shape index (κ1) is 12.0. The lowest BCUT2D eigenvalue weighted by Crippen LogP contribution is -2.11. The molecule has 1 fully saturated rings. The first-order chi connectivity index (χ1) is 7.75. The van der Waals surface area contributed by atoms with Crippen LogP contribution in [0.15, 0.2) is 12.3 Å². The minimum Gasteiger partial charge on any atom is -0.386 e. The highest BCUT2D eigenvalue weighted by Gasteiger charge is 2.17. The van der Waals surface area contributed by atoms with Crippen molar-refractivity contribution in [3.05, 3.63) is 18.0 Å². The van der Waals surface area contributed by atoms with Gasteiger partial charge in [-0.25, -0.2) is 0 Å². The van der Waals surface area contributed by atoms with E-state index < -0.39 is 6.10 Å². The van der Waals surface area contributed by atoms with Crippen LogP contribution in [0.5, 0.6) is 0 Å². The second-order valence-corrected chi connectivity index (χ2v) is 5.86. The maximum Gasteiger partial charge on any atom is 0.107 e. The molecule has 16 heavy (non-hydrogen) atoms. The summed E-state index contributed by atoms with van der Waals surface area (Å²) in [4.78, 5) is 0. The smallest absolute Gasteiger partial charge is 0.107 e. The highest BCUT2D eigenvalue weighted by atomic mass is 32.2. The molecule has 1 aromatic heterocycles. The maximum atomic E-state index is 9.97. The largest absolute Gasteiger partial charge is 0.386 e. The summed E-state index contributed by atoms with van der Waals surface area (Å²) < 4.78 is 1.74. The van der Waals surface area contributed by atoms with Crippen LogP contribution < -0.4 is 0 Å². The third kappa shape index (κ3) is 3.25. The number of rotatable bonds is 4. The summed E-state index contributed by atoms with van der Waals surface area (Å²) in [6.07, 6.45) is 8.21. The molecule has 0 amide bonds. The number of nitrogens with zero attached hydrogens (tertiary/aromatic N) is 2. The fourth-order valence-corrected chi connectivity index (χ4v) is 3.45. The molecule has 2 rings (SSSR count). The summed E-state index contributed by atoms with van der Waals surface area (Å²) in [7, 11) is 1.88. The zero-order chi connectivity index (χ0) is 11.4. The monoisotopic (exact) mass is 240 g/mol. The van der Waals surface area contributed by atoms with Gasteiger partial charge >= 0.3 is 0 Å². The molecule has 1 saturated carbocycles. The molecule has 0 radical (unpaired) electrons. The van der Waals surface area contributed by atoms with Gasteiger partial charge < -0.3 is 5.11 Å². The number of aliphatic hydroxyl groups excluding tert-OH is 1. The second kappa shape index (κ2) is 5.73. The Kier molecular flexibility index (Phi) is 4.29. The van der Waals surface area contributed by atoms with E-state index in [-0.39, 0.29) is 0 Å². The van der Waals surface area contributed by atoms with Gasteiger partial charge in [-0.3, -0.25) is 4.68 Å². The third-order valence-electron chi connectivity index (χ3n) is 3.12. The van der Waals surface area contributed by atoms with E-state index in [1.54, 1.807) is 4.68 Å². The van der Waals surface area contributed by atoms with Crippen molar-refractivity contribution < 1.29 is 5.11 Å². The molecule has 1 N–H and O–H groups in total. The number of hydrogen-bond acceptors (Lipinski definition) is 3. The lowest BCUT2D eigenvalue weighted by Gasteiger charge is -2.21. The number of aromatic nitrogens is 2. The van der Waals surface area contributed by atoms with Crippen LogP contribution >= 0.6 is 11.8 Å². The second-order valence-electron chi connectivity index (χ2n) is 4.52. The molecular formula is C12H20N2OS. The fourth-order valence-electron chi connectivity index (χ4n) is 2.16. The predicted molar refractivity (Wildman–Crippen MR) is 67.5 cm³/mol. The van der Waals surface area contributed by atoms with Crippen molar-refractivity contribution in [3.8, 4) is 0 Å². The summed E-state index contributed by atoms with van der Waals surface area (Å²) in [5.74, 6) is 0.779. The SMILES string of the molecule is Cn1ccc(C(O)CSC2CCCCC2)n1. The Bertz CT molecular complexity index is 321. The van der Waals surface area contributed by atoms with E-state index in [1.165, 1.54) is 32.1 Å². The van der Waals surface area contributed by atoms with Crippen LogP contribution in [0.2, 0.25) is 0 Å². The van der Waals surface area contributed by atoms with Crippen molar-refractivity contribution in [1.82, 2.24) is 9.78 Å². The Balaban J connectivity index is 1.76. The van der Waals surface area contributed by atoms with Crippen molar-refractivity contribution in [2.24, 2.45) is 7.05 Å². The highest BCUT2D eigenvalue weighted by molar-refractivity contribution is 7.99. The van der Waals surface area contributed by atoms with E-state index in [1.807, 2.05) is 31.1 Å². The van der Waals surface area contributed by atoms with Crippen LogP contribution in [0.4, 0.5) is 0 Å². The maximum absolute atomic E-state index is 9.97. The van der Waals surface area contributed by atoms with Crippen molar-refractivity contribution in [2.45, 2.75) is 43.5 Å². The first-order valence-corrected chi connectivity index (χ1v) is 7.10. The van der Waals surface area contributed by atoms with E-state index in [2.05, 4.69) is 5.10 Å². The van der Waals surface area contributed by atoms with Gasteiger partial charge in [0, 0.05) is 24.2 Å². The van der Waals surface area contributed by atoms with Gasteiger partial charge in [0.15, 0.2) is 0 Å². The molecule has 0 aliphatic heterocycles. The molecule has 0 bridgehead atoms. The summed E-state index contributed by atoms with van der Waals surface area (Å²) in [5.41, 5.74) is 0.797. The number of aryl methyl sites for hydroxylation is 1. The van der Waals surface area contributed by atoms with E-state index in [0.717, 1.165) is 16.7 Å². The third-order valence-corrected chi connectivity index (χ3v) is 4.57. The Labute approximate surface area is 101 Å². The van der Waals surface area contributed by atoms with Crippen molar-refractivity contribution >= 4 is 11.8 Å². The average Bonchev–Trinajstić information content (AvgIpc) is 2.74. The van der Waals surface area contributed by atoms with Crippen LogP contribution in [0.3, 0.4) is 0 Å². The van der Waals surface area contributed by atoms with Crippen molar-refractivity contribution in [1.29, 1.82) is 0 Å². The lowest BCUT2D eigenvalue weighted by atomic mass is 10.0. The predicted octanol–water partition coefficient (Wildman–Crippen LogP) is 2.52. The molecule has 90 valence electrons. The van der Waals surface area contributed by atoms with E-state index in [9.17, 15) is 5.11 Å². The Morgan fingerprint density at radius 1 is 1.50 bits per heavy atom. The fraction of sp³-hybridized carbons (Fsp3) is 0.750. The quantitative estimate of drug-likeness (QED) is 0.879. The molecule has 1 aliphatic rings. The van der Waals surface area contributed by atoms with Gasteiger partial charge in [0.2, 0.25) is 0 Å². The number of aliphatic hydroxyl groups is 1. The Morgan fingerprint density at radius 3 is 2.88 bits per heavy atom. The Morgan fingerprint density at radius 2 is 2.25 bits per heavy atom. The Hall–Kier alpha value is -0.480. The summed E-state index contributed by atoms with van der Waals surface area (Å²) in [6.45, 7) is 0. The normalized spacial score (nSPS) is 19.9. The number of hydrogen-bond donors (Lipinski definition) is 1. The topological polar surface area (TPSA) is 38.0 Å². The van der Waals surface area contributed by atoms with Gasteiger partial charge in [-0.1, -0.05) is 19.3 Å². The molecular weight excluding hydrogens is 220 g/mol. The molecule has 1 heterocycles. The zero-order valence-corrected chi connectivity index (χ0v) is 10.6. The van der Waals surface area contributed by atoms with E-state index >= 15 is 0 Å². The lowest BCUT2D eigenvalue weighted by molar-refractivity contribution is 0.198. The first-order valence-electron chi connectivity index (χ1n) is 6.05. The summed E-state index contributed by atoms with van der Waals surface area (Å²) >= 11 is 1.91. The molecule has 1 atom stereocenters. The molecule has 3 nitrogen and oxygen atoms in total. The van der Waals surface area contributed by atoms with Gasteiger partial charge in [0.25, 0.3) is 0 Å². The molecule has 1 aliphatic carbocycles. The molecule has 0 aromatic carbocycles. The molecule has 4 heteroatoms. The van der Waals surface area contributed by atoms with Gasteiger partial charge in [-0.2, -0.15) is 16.9 Å². The van der Waals surface area contributed by atoms with Crippen molar-refractivity contribution in [2.75, 3.05) is 5.75 Å². The van der Waals surface area contributed by atoms with Crippen molar-refractivity contribution in [3.63, 3.8) is 0 Å². The molecule has 0 saturated heterocycles. The van der Waals surface area contributed by atoms with Crippen LogP contribution in [0.1, 0.15) is 43.9 Å². The molecule has 1 unspecified atom stereocenters. The number of thioether (sulfide) groups is 1. The van der Waals surface area contributed by atoms with E-state index in [0.29, 0.717) is 0 Å².